The fraction of sp³-hybridized carbons (Fsp3) is 0.379. The number of pyridine rings is 1. The van der Waals surface area contributed by atoms with E-state index in [2.05, 4.69) is 10.3 Å². The highest BCUT2D eigenvalue weighted by molar-refractivity contribution is 7.89. The van der Waals surface area contributed by atoms with Gasteiger partial charge in [0.15, 0.2) is 0 Å². The highest BCUT2D eigenvalue weighted by Gasteiger charge is 2.34. The SMILES string of the molecule is COc1cccc(S(=O)(=O)N(C[C@H]2CCCO2)C[C@@H](O)[C@H](Cc2ccccc2)NC(=O)c2ccnc(OC)c2)c1. The van der Waals surface area contributed by atoms with Gasteiger partial charge in [-0.15, -0.1) is 0 Å². The Balaban J connectivity index is 1.61. The second-order valence-electron chi connectivity index (χ2n) is 9.56. The lowest BCUT2D eigenvalue weighted by Crippen LogP contribution is -2.51. The summed E-state index contributed by atoms with van der Waals surface area (Å²) in [5.74, 6) is 0.239. The maximum atomic E-state index is 13.8. The molecule has 1 fully saturated rings. The Bertz CT molecular complexity index is 1360. The van der Waals surface area contributed by atoms with Crippen molar-refractivity contribution in [3.05, 3.63) is 84.1 Å². The molecular weight excluding hydrogens is 534 g/mol. The van der Waals surface area contributed by atoms with Crippen LogP contribution in [-0.2, 0) is 21.2 Å². The van der Waals surface area contributed by atoms with Gasteiger partial charge >= 0.3 is 0 Å². The first-order chi connectivity index (χ1) is 19.3. The lowest BCUT2D eigenvalue weighted by Gasteiger charge is -2.31. The van der Waals surface area contributed by atoms with E-state index in [4.69, 9.17) is 14.2 Å². The molecule has 1 aromatic heterocycles. The summed E-state index contributed by atoms with van der Waals surface area (Å²) in [4.78, 5) is 17.3. The smallest absolute Gasteiger partial charge is 0.251 e. The number of sulfonamides is 1. The van der Waals surface area contributed by atoms with Crippen LogP contribution < -0.4 is 14.8 Å². The van der Waals surface area contributed by atoms with Crippen LogP contribution in [0.1, 0.15) is 28.8 Å². The van der Waals surface area contributed by atoms with Crippen molar-refractivity contribution in [2.45, 2.75) is 42.4 Å². The molecule has 2 N–H and O–H groups in total. The average molecular weight is 570 g/mol. The van der Waals surface area contributed by atoms with Gasteiger partial charge in [-0.25, -0.2) is 13.4 Å². The number of aromatic nitrogens is 1. The molecule has 214 valence electrons. The molecule has 3 aromatic rings. The number of nitrogens with zero attached hydrogens (tertiary/aromatic N) is 2. The number of nitrogens with one attached hydrogen (secondary N) is 1. The molecule has 1 aliphatic heterocycles. The molecule has 3 atom stereocenters. The third-order valence-corrected chi connectivity index (χ3v) is 8.61. The third kappa shape index (κ3) is 7.57. The molecule has 0 unspecified atom stereocenters. The molecule has 1 amide bonds. The zero-order valence-corrected chi connectivity index (χ0v) is 23.4. The number of amides is 1. The molecule has 0 bridgehead atoms. The van der Waals surface area contributed by atoms with E-state index in [1.807, 2.05) is 30.3 Å². The lowest BCUT2D eigenvalue weighted by molar-refractivity contribution is 0.0625. The van der Waals surface area contributed by atoms with Gasteiger partial charge in [0.25, 0.3) is 5.91 Å². The summed E-state index contributed by atoms with van der Waals surface area (Å²) in [6, 6.07) is 17.8. The van der Waals surface area contributed by atoms with Gasteiger partial charge in [-0.2, -0.15) is 4.31 Å². The molecule has 1 saturated heterocycles. The van der Waals surface area contributed by atoms with Crippen LogP contribution in [0.3, 0.4) is 0 Å². The molecule has 11 heteroatoms. The van der Waals surface area contributed by atoms with Gasteiger partial charge in [0, 0.05) is 43.6 Å². The molecule has 2 aromatic carbocycles. The minimum atomic E-state index is -4.04. The molecular formula is C29H35N3O7S. The van der Waals surface area contributed by atoms with Crippen molar-refractivity contribution < 1.29 is 32.5 Å². The first-order valence-corrected chi connectivity index (χ1v) is 14.5. The molecule has 2 heterocycles. The summed E-state index contributed by atoms with van der Waals surface area (Å²) in [7, 11) is -1.11. The quantitative estimate of drug-likeness (QED) is 0.322. The molecule has 0 spiro atoms. The second-order valence-corrected chi connectivity index (χ2v) is 11.5. The number of hydrogen-bond donors (Lipinski definition) is 2. The van der Waals surface area contributed by atoms with E-state index in [1.165, 1.54) is 42.9 Å². The van der Waals surface area contributed by atoms with Crippen molar-refractivity contribution in [1.29, 1.82) is 0 Å². The van der Waals surface area contributed by atoms with E-state index in [1.54, 1.807) is 18.2 Å². The third-order valence-electron chi connectivity index (χ3n) is 6.79. The largest absolute Gasteiger partial charge is 0.497 e. The van der Waals surface area contributed by atoms with Crippen LogP contribution >= 0.6 is 0 Å². The number of carbonyl (C=O) groups excluding carboxylic acids is 1. The summed E-state index contributed by atoms with van der Waals surface area (Å²) >= 11 is 0. The van der Waals surface area contributed by atoms with Gasteiger partial charge in [-0.05, 0) is 43.0 Å². The van der Waals surface area contributed by atoms with Crippen molar-refractivity contribution in [1.82, 2.24) is 14.6 Å². The molecule has 1 aliphatic rings. The summed E-state index contributed by atoms with van der Waals surface area (Å²) in [6.45, 7) is 0.378. The van der Waals surface area contributed by atoms with Crippen LogP contribution in [-0.4, -0.2) is 80.9 Å². The van der Waals surface area contributed by atoms with Crippen LogP contribution in [0, 0.1) is 0 Å². The van der Waals surface area contributed by atoms with Gasteiger partial charge < -0.3 is 24.6 Å². The van der Waals surface area contributed by atoms with Crippen molar-refractivity contribution >= 4 is 15.9 Å². The number of aliphatic hydroxyl groups is 1. The minimum Gasteiger partial charge on any atom is -0.497 e. The Morgan fingerprint density at radius 3 is 2.62 bits per heavy atom. The van der Waals surface area contributed by atoms with Crippen molar-refractivity contribution in [2.75, 3.05) is 33.9 Å². The number of methoxy groups -OCH3 is 2. The fourth-order valence-electron chi connectivity index (χ4n) is 4.60. The lowest BCUT2D eigenvalue weighted by atomic mass is 10.0. The topological polar surface area (TPSA) is 127 Å². The zero-order chi connectivity index (χ0) is 28.5. The summed E-state index contributed by atoms with van der Waals surface area (Å²) in [5.41, 5.74) is 1.18. The van der Waals surface area contributed by atoms with Crippen molar-refractivity contribution in [3.8, 4) is 11.6 Å². The van der Waals surface area contributed by atoms with E-state index >= 15 is 0 Å². The first-order valence-electron chi connectivity index (χ1n) is 13.1. The molecule has 10 nitrogen and oxygen atoms in total. The van der Waals surface area contributed by atoms with Gasteiger partial charge in [-0.1, -0.05) is 36.4 Å². The molecule has 0 radical (unpaired) electrons. The Hall–Kier alpha value is -3.51. The minimum absolute atomic E-state index is 0.0459. The van der Waals surface area contributed by atoms with E-state index in [9.17, 15) is 18.3 Å². The van der Waals surface area contributed by atoms with Gasteiger partial charge in [0.2, 0.25) is 15.9 Å². The van der Waals surface area contributed by atoms with Crippen LogP contribution in [0.2, 0.25) is 0 Å². The van der Waals surface area contributed by atoms with Crippen LogP contribution in [0.25, 0.3) is 0 Å². The van der Waals surface area contributed by atoms with Gasteiger partial charge in [-0.3, -0.25) is 4.79 Å². The van der Waals surface area contributed by atoms with Crippen LogP contribution in [0.15, 0.2) is 77.8 Å². The predicted octanol–water partition coefficient (Wildman–Crippen LogP) is 2.67. The fourth-order valence-corrected chi connectivity index (χ4v) is 6.12. The highest BCUT2D eigenvalue weighted by Crippen LogP contribution is 2.24. The highest BCUT2D eigenvalue weighted by atomic mass is 32.2. The maximum Gasteiger partial charge on any atom is 0.251 e. The maximum absolute atomic E-state index is 13.8. The number of aliphatic hydroxyl groups excluding tert-OH is 1. The summed E-state index contributed by atoms with van der Waals surface area (Å²) in [6.07, 6.45) is 1.76. The number of carbonyl (C=O) groups is 1. The van der Waals surface area contributed by atoms with Crippen LogP contribution in [0.5, 0.6) is 11.6 Å². The van der Waals surface area contributed by atoms with E-state index in [0.29, 0.717) is 24.3 Å². The van der Waals surface area contributed by atoms with Crippen molar-refractivity contribution in [3.63, 3.8) is 0 Å². The van der Waals surface area contributed by atoms with Gasteiger partial charge in [0.1, 0.15) is 5.75 Å². The molecule has 0 saturated carbocycles. The second kappa shape index (κ2) is 13.7. The predicted molar refractivity (Wildman–Crippen MR) is 149 cm³/mol. The number of benzene rings is 2. The monoisotopic (exact) mass is 569 g/mol. The van der Waals surface area contributed by atoms with E-state index in [-0.39, 0.29) is 36.4 Å². The Labute approximate surface area is 235 Å². The number of hydrogen-bond acceptors (Lipinski definition) is 8. The summed E-state index contributed by atoms with van der Waals surface area (Å²) < 4.78 is 45.0. The Kier molecular flexibility index (Phi) is 10.1. The standard InChI is InChI=1S/C29H35N3O7S/c1-37-23-10-6-12-25(18-23)40(35,36)32(19-24-11-7-15-39-24)20-27(33)26(16-21-8-4-3-5-9-21)31-29(34)22-13-14-30-28(17-22)38-2/h3-6,8-10,12-14,17-18,24,26-27,33H,7,11,15-16,19-20H2,1-2H3,(H,31,34)/t24-,26+,27-/m1/s1. The Morgan fingerprint density at radius 1 is 1.12 bits per heavy atom. The van der Waals surface area contributed by atoms with Crippen LogP contribution in [0.4, 0.5) is 0 Å². The molecule has 4 rings (SSSR count). The Morgan fingerprint density at radius 2 is 1.93 bits per heavy atom. The average Bonchev–Trinajstić information content (AvgIpc) is 3.50. The molecule has 40 heavy (non-hydrogen) atoms. The van der Waals surface area contributed by atoms with Gasteiger partial charge in [0.05, 0.1) is 37.4 Å². The number of ether oxygens (including phenoxy) is 3. The summed E-state index contributed by atoms with van der Waals surface area (Å²) in [5, 5.41) is 14.4. The normalized spacial score (nSPS) is 16.9. The van der Waals surface area contributed by atoms with E-state index in [0.717, 1.165) is 12.0 Å². The number of rotatable bonds is 13. The van der Waals surface area contributed by atoms with E-state index < -0.39 is 28.1 Å². The molecule has 0 aliphatic carbocycles. The van der Waals surface area contributed by atoms with Crippen molar-refractivity contribution in [2.24, 2.45) is 0 Å². The first kappa shape index (κ1) is 29.5. The zero-order valence-electron chi connectivity index (χ0n) is 22.6.